The van der Waals surface area contributed by atoms with Crippen LogP contribution in [0.4, 0.5) is 5.69 Å². The summed E-state index contributed by atoms with van der Waals surface area (Å²) in [5, 5.41) is 6.60. The summed E-state index contributed by atoms with van der Waals surface area (Å²) in [6, 6.07) is 35.8. The minimum absolute atomic E-state index is 0.614. The maximum absolute atomic E-state index is 7.50. The molecule has 0 unspecified atom stereocenters. The van der Waals surface area contributed by atoms with Crippen LogP contribution < -0.4 is 4.57 Å². The van der Waals surface area contributed by atoms with Gasteiger partial charge >= 0.3 is 0 Å². The first-order valence-corrected chi connectivity index (χ1v) is 13.4. The van der Waals surface area contributed by atoms with Crippen LogP contribution in [0.1, 0.15) is 5.56 Å². The lowest BCUT2D eigenvalue weighted by molar-refractivity contribution is -0.659. The maximum Gasteiger partial charge on any atom is 0.217 e. The van der Waals surface area contributed by atoms with E-state index in [1.165, 1.54) is 16.3 Å². The van der Waals surface area contributed by atoms with Gasteiger partial charge in [0.2, 0.25) is 5.69 Å². The Balaban J connectivity index is 1.46. The Morgan fingerprint density at radius 1 is 0.700 bits per heavy atom. The Labute approximate surface area is 230 Å². The van der Waals surface area contributed by atoms with Crippen molar-refractivity contribution in [2.75, 3.05) is 0 Å². The molecule has 40 heavy (non-hydrogen) atoms. The molecule has 3 heterocycles. The van der Waals surface area contributed by atoms with E-state index < -0.39 is 0 Å². The van der Waals surface area contributed by atoms with E-state index in [-0.39, 0.29) is 0 Å². The van der Waals surface area contributed by atoms with Crippen LogP contribution in [0, 0.1) is 13.5 Å². The summed E-state index contributed by atoms with van der Waals surface area (Å²) in [4.78, 5) is 3.65. The number of hydrogen-bond donors (Lipinski definition) is 0. The molecule has 0 aliphatic rings. The molecule has 0 fully saturated rings. The molecule has 0 atom stereocenters. The zero-order valence-electron chi connectivity index (χ0n) is 22.1. The number of benzene rings is 5. The summed E-state index contributed by atoms with van der Waals surface area (Å²) in [6.07, 6.45) is 2.23. The second-order valence-corrected chi connectivity index (χ2v) is 10.5. The van der Waals surface area contributed by atoms with Gasteiger partial charge < -0.3 is 8.98 Å². The lowest BCUT2D eigenvalue weighted by Gasteiger charge is -2.08. The highest BCUT2D eigenvalue weighted by molar-refractivity contribution is 6.18. The van der Waals surface area contributed by atoms with Crippen molar-refractivity contribution in [2.24, 2.45) is 7.05 Å². The number of aryl methyl sites for hydroxylation is 2. The second kappa shape index (κ2) is 8.30. The van der Waals surface area contributed by atoms with Gasteiger partial charge in [0.15, 0.2) is 11.9 Å². The Hall–Kier alpha value is -5.40. The Kier molecular flexibility index (Phi) is 4.68. The highest BCUT2D eigenvalue weighted by atomic mass is 16.3. The number of rotatable bonds is 2. The lowest BCUT2D eigenvalue weighted by Crippen LogP contribution is -2.31. The maximum atomic E-state index is 7.50. The number of aromatic nitrogens is 2. The zero-order valence-corrected chi connectivity index (χ0v) is 22.1. The normalized spacial score (nSPS) is 11.7. The molecular formula is C36H24N3O+. The predicted molar refractivity (Wildman–Crippen MR) is 163 cm³/mol. The van der Waals surface area contributed by atoms with Crippen molar-refractivity contribution in [1.29, 1.82) is 0 Å². The SMILES string of the molecule is [C-]#[N+]c1ccc2ccc3c4ccc(C)c(-c5cc6c7ccccc7n(-c7ccccc7)c6c[n+]5C)c4oc3c2c1. The molecule has 4 heteroatoms. The van der Waals surface area contributed by atoms with E-state index >= 15 is 0 Å². The fourth-order valence-electron chi connectivity index (χ4n) is 6.25. The third kappa shape index (κ3) is 3.09. The highest BCUT2D eigenvalue weighted by Gasteiger charge is 2.24. The molecule has 0 radical (unpaired) electrons. The molecule has 0 saturated heterocycles. The van der Waals surface area contributed by atoms with Crippen molar-refractivity contribution in [3.05, 3.63) is 126 Å². The Morgan fingerprint density at radius 2 is 1.45 bits per heavy atom. The van der Waals surface area contributed by atoms with Gasteiger partial charge in [-0.2, -0.15) is 4.57 Å². The molecule has 0 saturated carbocycles. The van der Waals surface area contributed by atoms with Gasteiger partial charge in [-0.1, -0.05) is 66.7 Å². The van der Waals surface area contributed by atoms with Crippen LogP contribution in [-0.4, -0.2) is 4.57 Å². The van der Waals surface area contributed by atoms with Crippen molar-refractivity contribution in [2.45, 2.75) is 6.92 Å². The van der Waals surface area contributed by atoms with E-state index in [2.05, 4.69) is 119 Å². The van der Waals surface area contributed by atoms with Gasteiger partial charge in [0.1, 0.15) is 23.7 Å². The summed E-state index contributed by atoms with van der Waals surface area (Å²) < 4.78 is 11.3. The van der Waals surface area contributed by atoms with Crippen LogP contribution in [0.5, 0.6) is 0 Å². The van der Waals surface area contributed by atoms with Gasteiger partial charge in [0.25, 0.3) is 0 Å². The average molecular weight is 515 g/mol. The molecule has 0 N–H and O–H groups in total. The number of fused-ring (bicyclic) bond motifs is 8. The zero-order chi connectivity index (χ0) is 27.0. The van der Waals surface area contributed by atoms with E-state index in [1.54, 1.807) is 0 Å². The van der Waals surface area contributed by atoms with Crippen LogP contribution in [-0.2, 0) is 7.05 Å². The molecule has 0 amide bonds. The second-order valence-electron chi connectivity index (χ2n) is 10.5. The van der Waals surface area contributed by atoms with E-state index in [0.717, 1.165) is 60.7 Å². The van der Waals surface area contributed by atoms with Gasteiger partial charge in [-0.05, 0) is 48.2 Å². The molecule has 8 aromatic rings. The van der Waals surface area contributed by atoms with Crippen molar-refractivity contribution < 1.29 is 8.98 Å². The van der Waals surface area contributed by atoms with E-state index in [1.807, 2.05) is 18.2 Å². The number of furan rings is 1. The summed E-state index contributed by atoms with van der Waals surface area (Å²) in [6.45, 7) is 9.65. The minimum Gasteiger partial charge on any atom is -0.455 e. The van der Waals surface area contributed by atoms with Gasteiger partial charge in [0, 0.05) is 38.7 Å². The molecule has 8 rings (SSSR count). The van der Waals surface area contributed by atoms with Crippen LogP contribution in [0.25, 0.3) is 76.3 Å². The van der Waals surface area contributed by atoms with Crippen LogP contribution in [0.15, 0.2) is 114 Å². The smallest absolute Gasteiger partial charge is 0.217 e. The van der Waals surface area contributed by atoms with E-state index in [9.17, 15) is 0 Å². The summed E-state index contributed by atoms with van der Waals surface area (Å²) >= 11 is 0. The molecule has 0 aliphatic carbocycles. The summed E-state index contributed by atoms with van der Waals surface area (Å²) in [5.74, 6) is 0. The third-order valence-corrected chi connectivity index (χ3v) is 8.14. The monoisotopic (exact) mass is 514 g/mol. The van der Waals surface area contributed by atoms with E-state index in [0.29, 0.717) is 5.69 Å². The molecular weight excluding hydrogens is 490 g/mol. The quantitative estimate of drug-likeness (QED) is 0.167. The number of para-hydroxylation sites is 2. The first-order chi connectivity index (χ1) is 19.6. The fraction of sp³-hybridized carbons (Fsp3) is 0.0556. The molecule has 3 aromatic heterocycles. The fourth-order valence-corrected chi connectivity index (χ4v) is 6.25. The standard InChI is InChI=1S/C36H24N3O/c1-22-13-17-28-27-18-15-23-14-16-24(37-2)19-29(23)35(27)40-36(28)34(22)32-20-30-26-11-7-8-12-31(26)39(33(30)21-38(32)3)25-9-5-4-6-10-25/h4-21H,1,3H3/q+1. The number of pyridine rings is 1. The van der Waals surface area contributed by atoms with Crippen LogP contribution >= 0.6 is 0 Å². The average Bonchev–Trinajstić information content (AvgIpc) is 3.52. The Bertz CT molecular complexity index is 2350. The predicted octanol–water partition coefficient (Wildman–Crippen LogP) is 9.19. The van der Waals surface area contributed by atoms with Gasteiger partial charge in [-0.3, -0.25) is 0 Å². The summed E-state index contributed by atoms with van der Waals surface area (Å²) in [5.41, 5.74) is 9.13. The highest BCUT2D eigenvalue weighted by Crippen LogP contribution is 2.41. The van der Waals surface area contributed by atoms with Crippen LogP contribution in [0.3, 0.4) is 0 Å². The number of hydrogen-bond acceptors (Lipinski definition) is 1. The molecule has 4 nitrogen and oxygen atoms in total. The van der Waals surface area contributed by atoms with Crippen LogP contribution in [0.2, 0.25) is 0 Å². The molecule has 0 aliphatic heterocycles. The van der Waals surface area contributed by atoms with Crippen molar-refractivity contribution >= 4 is 60.2 Å². The topological polar surface area (TPSA) is 26.3 Å². The third-order valence-electron chi connectivity index (χ3n) is 8.14. The van der Waals surface area contributed by atoms with E-state index in [4.69, 9.17) is 11.0 Å². The minimum atomic E-state index is 0.614. The molecule has 0 bridgehead atoms. The Morgan fingerprint density at radius 3 is 2.30 bits per heavy atom. The molecule has 188 valence electrons. The van der Waals surface area contributed by atoms with Gasteiger partial charge in [-0.25, -0.2) is 4.85 Å². The molecule has 0 spiro atoms. The van der Waals surface area contributed by atoms with Crippen molar-refractivity contribution in [1.82, 2.24) is 4.57 Å². The first kappa shape index (κ1) is 22.6. The largest absolute Gasteiger partial charge is 0.455 e. The number of nitrogens with zero attached hydrogens (tertiary/aromatic N) is 3. The lowest BCUT2D eigenvalue weighted by atomic mass is 9.99. The van der Waals surface area contributed by atoms with Gasteiger partial charge in [-0.15, -0.1) is 0 Å². The van der Waals surface area contributed by atoms with Crippen molar-refractivity contribution in [3.8, 4) is 16.9 Å². The molecule has 5 aromatic carbocycles. The van der Waals surface area contributed by atoms with Gasteiger partial charge in [0.05, 0.1) is 17.7 Å². The summed E-state index contributed by atoms with van der Waals surface area (Å²) in [7, 11) is 2.11. The van der Waals surface area contributed by atoms with Crippen molar-refractivity contribution in [3.63, 3.8) is 0 Å². The first-order valence-electron chi connectivity index (χ1n) is 13.4.